The lowest BCUT2D eigenvalue weighted by Gasteiger charge is -2.35. The number of aromatic nitrogens is 3. The summed E-state index contributed by atoms with van der Waals surface area (Å²) >= 11 is 0. The molecule has 7 nitrogen and oxygen atoms in total. The van der Waals surface area contributed by atoms with Crippen LogP contribution in [0.15, 0.2) is 21.7 Å². The molecule has 0 aromatic carbocycles. The van der Waals surface area contributed by atoms with Crippen molar-refractivity contribution in [1.82, 2.24) is 19.0 Å². The zero-order chi connectivity index (χ0) is 17.4. The normalized spacial score (nSPS) is 18.1. The smallest absolute Gasteiger partial charge is 0.332 e. The van der Waals surface area contributed by atoms with Gasteiger partial charge in [0.05, 0.1) is 5.39 Å². The summed E-state index contributed by atoms with van der Waals surface area (Å²) in [5.41, 5.74) is -0.317. The van der Waals surface area contributed by atoms with Crippen molar-refractivity contribution in [3.63, 3.8) is 0 Å². The van der Waals surface area contributed by atoms with Crippen LogP contribution in [-0.2, 0) is 14.1 Å². The Kier molecular flexibility index (Phi) is 4.26. The minimum absolute atomic E-state index is 0.128. The summed E-state index contributed by atoms with van der Waals surface area (Å²) < 4.78 is 2.35. The second kappa shape index (κ2) is 6.22. The van der Waals surface area contributed by atoms with Crippen LogP contribution < -0.4 is 11.2 Å². The van der Waals surface area contributed by atoms with Gasteiger partial charge in [-0.3, -0.25) is 18.7 Å². The highest BCUT2D eigenvalue weighted by atomic mass is 16.2. The molecule has 1 saturated heterocycles. The summed E-state index contributed by atoms with van der Waals surface area (Å²) in [5.74, 6) is -0.128. The number of hydrogen-bond donors (Lipinski definition) is 0. The third-order valence-corrected chi connectivity index (χ3v) is 4.88. The van der Waals surface area contributed by atoms with Crippen molar-refractivity contribution in [2.75, 3.05) is 6.54 Å². The summed E-state index contributed by atoms with van der Waals surface area (Å²) in [6.07, 6.45) is 4.06. The lowest BCUT2D eigenvalue weighted by molar-refractivity contribution is 0.0602. The van der Waals surface area contributed by atoms with Crippen molar-refractivity contribution in [2.45, 2.75) is 38.6 Å². The Labute approximate surface area is 139 Å². The highest BCUT2D eigenvalue weighted by Gasteiger charge is 2.27. The standard InChI is InChI=1S/C17H22N4O3/c1-4-11-7-5-6-10-21(11)16(23)13-9-8-12-14(18-13)19(2)17(24)20(3)15(12)22/h8-9,11H,4-7,10H2,1-3H3/t11-/m1/s1. The van der Waals surface area contributed by atoms with E-state index in [1.807, 2.05) is 4.90 Å². The molecule has 128 valence electrons. The van der Waals surface area contributed by atoms with Gasteiger partial charge in [-0.1, -0.05) is 6.92 Å². The first-order valence-corrected chi connectivity index (χ1v) is 8.33. The van der Waals surface area contributed by atoms with E-state index in [-0.39, 0.29) is 23.3 Å². The summed E-state index contributed by atoms with van der Waals surface area (Å²) in [6, 6.07) is 3.40. The Hall–Kier alpha value is -2.44. The molecule has 1 fully saturated rings. The van der Waals surface area contributed by atoms with E-state index in [1.54, 1.807) is 19.2 Å². The van der Waals surface area contributed by atoms with E-state index >= 15 is 0 Å². The van der Waals surface area contributed by atoms with E-state index in [4.69, 9.17) is 0 Å². The number of piperidine rings is 1. The maximum atomic E-state index is 12.9. The molecule has 1 aliphatic rings. The van der Waals surface area contributed by atoms with E-state index in [1.165, 1.54) is 11.6 Å². The van der Waals surface area contributed by atoms with Crippen molar-refractivity contribution in [3.8, 4) is 0 Å². The number of carbonyl (C=O) groups excluding carboxylic acids is 1. The number of rotatable bonds is 2. The molecule has 0 radical (unpaired) electrons. The van der Waals surface area contributed by atoms with Crippen molar-refractivity contribution >= 4 is 16.9 Å². The number of carbonyl (C=O) groups is 1. The number of amides is 1. The lowest BCUT2D eigenvalue weighted by Crippen LogP contribution is -2.44. The van der Waals surface area contributed by atoms with Gasteiger partial charge in [0.25, 0.3) is 11.5 Å². The van der Waals surface area contributed by atoms with Gasteiger partial charge in [0.15, 0.2) is 0 Å². The average molecular weight is 330 g/mol. The molecule has 2 aromatic rings. The maximum Gasteiger partial charge on any atom is 0.332 e. The molecule has 1 amide bonds. The van der Waals surface area contributed by atoms with E-state index in [0.717, 1.165) is 36.8 Å². The monoisotopic (exact) mass is 330 g/mol. The predicted molar refractivity (Wildman–Crippen MR) is 91.2 cm³/mol. The van der Waals surface area contributed by atoms with Gasteiger partial charge < -0.3 is 4.90 Å². The van der Waals surface area contributed by atoms with Crippen molar-refractivity contribution in [2.24, 2.45) is 14.1 Å². The third-order valence-electron chi connectivity index (χ3n) is 4.88. The largest absolute Gasteiger partial charge is 0.334 e. The van der Waals surface area contributed by atoms with Gasteiger partial charge >= 0.3 is 5.69 Å². The van der Waals surface area contributed by atoms with Crippen LogP contribution in [0.4, 0.5) is 0 Å². The van der Waals surface area contributed by atoms with Crippen LogP contribution in [0.1, 0.15) is 43.1 Å². The fourth-order valence-electron chi connectivity index (χ4n) is 3.41. The molecule has 24 heavy (non-hydrogen) atoms. The van der Waals surface area contributed by atoms with Crippen LogP contribution in [0.5, 0.6) is 0 Å². The Morgan fingerprint density at radius 1 is 1.21 bits per heavy atom. The first kappa shape index (κ1) is 16.4. The van der Waals surface area contributed by atoms with Crippen LogP contribution in [0.2, 0.25) is 0 Å². The molecule has 0 spiro atoms. The molecular formula is C17H22N4O3. The van der Waals surface area contributed by atoms with Crippen molar-refractivity contribution in [3.05, 3.63) is 38.7 Å². The van der Waals surface area contributed by atoms with E-state index < -0.39 is 11.2 Å². The van der Waals surface area contributed by atoms with Gasteiger partial charge in [0.1, 0.15) is 11.3 Å². The van der Waals surface area contributed by atoms with Crippen LogP contribution in [0.25, 0.3) is 11.0 Å². The molecule has 0 unspecified atom stereocenters. The Bertz CT molecular complexity index is 912. The second-order valence-corrected chi connectivity index (χ2v) is 6.33. The summed E-state index contributed by atoms with van der Waals surface area (Å²) in [6.45, 7) is 2.81. The van der Waals surface area contributed by atoms with Crippen LogP contribution in [0.3, 0.4) is 0 Å². The van der Waals surface area contributed by atoms with Crippen LogP contribution in [0, 0.1) is 0 Å². The first-order chi connectivity index (χ1) is 11.5. The predicted octanol–water partition coefficient (Wildman–Crippen LogP) is 1.04. The summed E-state index contributed by atoms with van der Waals surface area (Å²) in [7, 11) is 2.99. The van der Waals surface area contributed by atoms with Gasteiger partial charge in [-0.25, -0.2) is 9.78 Å². The quantitative estimate of drug-likeness (QED) is 0.824. The van der Waals surface area contributed by atoms with Gasteiger partial charge in [0.2, 0.25) is 0 Å². The summed E-state index contributed by atoms with van der Waals surface area (Å²) in [4.78, 5) is 43.3. The van der Waals surface area contributed by atoms with Gasteiger partial charge in [0, 0.05) is 26.7 Å². The van der Waals surface area contributed by atoms with E-state index in [2.05, 4.69) is 11.9 Å². The van der Waals surface area contributed by atoms with E-state index in [0.29, 0.717) is 5.39 Å². The molecule has 0 N–H and O–H groups in total. The molecule has 0 saturated carbocycles. The fourth-order valence-corrected chi connectivity index (χ4v) is 3.41. The molecule has 7 heteroatoms. The SMILES string of the molecule is CC[C@@H]1CCCCN1C(=O)c1ccc2c(=O)n(C)c(=O)n(C)c2n1. The molecule has 3 rings (SSSR count). The number of hydrogen-bond acceptors (Lipinski definition) is 4. The van der Waals surface area contributed by atoms with Gasteiger partial charge in [-0.05, 0) is 37.8 Å². The fraction of sp³-hybridized carbons (Fsp3) is 0.529. The second-order valence-electron chi connectivity index (χ2n) is 6.33. The maximum absolute atomic E-state index is 12.9. The summed E-state index contributed by atoms with van der Waals surface area (Å²) in [5, 5.41) is 0.335. The Balaban J connectivity index is 2.09. The minimum atomic E-state index is -0.450. The third kappa shape index (κ3) is 2.53. The first-order valence-electron chi connectivity index (χ1n) is 8.33. The highest BCUT2D eigenvalue weighted by molar-refractivity contribution is 5.94. The molecule has 0 bridgehead atoms. The molecule has 3 heterocycles. The molecule has 0 aliphatic carbocycles. The number of nitrogens with zero attached hydrogens (tertiary/aromatic N) is 4. The molecule has 1 atom stereocenters. The van der Waals surface area contributed by atoms with Crippen LogP contribution >= 0.6 is 0 Å². The number of aryl methyl sites for hydroxylation is 1. The van der Waals surface area contributed by atoms with E-state index in [9.17, 15) is 14.4 Å². The van der Waals surface area contributed by atoms with Crippen molar-refractivity contribution in [1.29, 1.82) is 0 Å². The number of likely N-dealkylation sites (tertiary alicyclic amines) is 1. The zero-order valence-electron chi connectivity index (χ0n) is 14.3. The molecule has 1 aliphatic heterocycles. The number of pyridine rings is 1. The lowest BCUT2D eigenvalue weighted by atomic mass is 9.99. The Morgan fingerprint density at radius 3 is 2.67 bits per heavy atom. The molecule has 2 aromatic heterocycles. The average Bonchev–Trinajstić information content (AvgIpc) is 2.63. The highest BCUT2D eigenvalue weighted by Crippen LogP contribution is 2.21. The Morgan fingerprint density at radius 2 is 1.96 bits per heavy atom. The van der Waals surface area contributed by atoms with Gasteiger partial charge in [-0.2, -0.15) is 0 Å². The topological polar surface area (TPSA) is 77.2 Å². The zero-order valence-corrected chi connectivity index (χ0v) is 14.3. The van der Waals surface area contributed by atoms with Gasteiger partial charge in [-0.15, -0.1) is 0 Å². The minimum Gasteiger partial charge on any atom is -0.334 e. The van der Waals surface area contributed by atoms with Crippen LogP contribution in [-0.4, -0.2) is 37.5 Å². The molecular weight excluding hydrogens is 308 g/mol. The number of fused-ring (bicyclic) bond motifs is 1. The van der Waals surface area contributed by atoms with Crippen molar-refractivity contribution < 1.29 is 4.79 Å².